The molecule has 154 valence electrons. The second-order valence-electron chi connectivity index (χ2n) is 10.2. The summed E-state index contributed by atoms with van der Waals surface area (Å²) in [6, 6.07) is 0. The highest BCUT2D eigenvalue weighted by molar-refractivity contribution is 4.91. The maximum absolute atomic E-state index is 10.7. The summed E-state index contributed by atoms with van der Waals surface area (Å²) in [4.78, 5) is 0. The lowest BCUT2D eigenvalue weighted by Gasteiger charge is -2.46. The van der Waals surface area contributed by atoms with E-state index in [0.29, 0.717) is 41.4 Å². The average Bonchev–Trinajstić information content (AvgIpc) is 2.58. The molecule has 0 radical (unpaired) electrons. The molecule has 0 heterocycles. The van der Waals surface area contributed by atoms with Gasteiger partial charge in [-0.05, 0) is 67.1 Å². The Labute approximate surface area is 161 Å². The number of hydrogen-bond acceptors (Lipinski definition) is 3. The molecule has 0 aromatic heterocycles. The Hall–Kier alpha value is -0.120. The minimum atomic E-state index is -0.767. The van der Waals surface area contributed by atoms with E-state index < -0.39 is 6.10 Å². The molecule has 2 rings (SSSR count). The second-order valence-corrected chi connectivity index (χ2v) is 10.2. The zero-order chi connectivity index (χ0) is 19.4. The summed E-state index contributed by atoms with van der Waals surface area (Å²) in [6.07, 6.45) is 6.42. The van der Waals surface area contributed by atoms with E-state index in [9.17, 15) is 10.2 Å². The van der Waals surface area contributed by atoms with Crippen LogP contribution in [0.5, 0.6) is 0 Å². The molecule has 3 nitrogen and oxygen atoms in total. The first-order valence-corrected chi connectivity index (χ1v) is 11.2. The van der Waals surface area contributed by atoms with Crippen molar-refractivity contribution in [3.05, 3.63) is 0 Å². The molecule has 3 heteroatoms. The lowest BCUT2D eigenvalue weighted by atomic mass is 9.67. The molecule has 0 amide bonds. The van der Waals surface area contributed by atoms with Crippen LogP contribution in [0.15, 0.2) is 0 Å². The van der Waals surface area contributed by atoms with Gasteiger partial charge in [0.2, 0.25) is 0 Å². The van der Waals surface area contributed by atoms with Crippen molar-refractivity contribution in [3.8, 4) is 0 Å². The van der Waals surface area contributed by atoms with Crippen LogP contribution in [0.2, 0.25) is 0 Å². The third kappa shape index (κ3) is 5.45. The van der Waals surface area contributed by atoms with Gasteiger partial charge in [0.05, 0.1) is 18.8 Å². The topological polar surface area (TPSA) is 49.7 Å². The van der Waals surface area contributed by atoms with E-state index in [1.165, 1.54) is 25.7 Å². The number of ether oxygens (including phenoxy) is 1. The van der Waals surface area contributed by atoms with E-state index in [4.69, 9.17) is 4.74 Å². The molecular weight excluding hydrogens is 324 g/mol. The summed E-state index contributed by atoms with van der Waals surface area (Å²) in [5.41, 5.74) is 0. The van der Waals surface area contributed by atoms with Crippen molar-refractivity contribution >= 4 is 0 Å². The van der Waals surface area contributed by atoms with Gasteiger partial charge in [0.1, 0.15) is 6.10 Å². The van der Waals surface area contributed by atoms with Crippen LogP contribution in [-0.2, 0) is 4.74 Å². The van der Waals surface area contributed by atoms with Crippen LogP contribution in [0.25, 0.3) is 0 Å². The first-order valence-electron chi connectivity index (χ1n) is 11.2. The van der Waals surface area contributed by atoms with Crippen LogP contribution in [0, 0.1) is 41.4 Å². The van der Waals surface area contributed by atoms with Gasteiger partial charge >= 0.3 is 0 Å². The maximum Gasteiger partial charge on any atom is 0.103 e. The van der Waals surface area contributed by atoms with Crippen LogP contribution >= 0.6 is 0 Å². The highest BCUT2D eigenvalue weighted by Gasteiger charge is 2.42. The third-order valence-corrected chi connectivity index (χ3v) is 7.36. The van der Waals surface area contributed by atoms with Crippen molar-refractivity contribution < 1.29 is 14.9 Å². The van der Waals surface area contributed by atoms with Gasteiger partial charge in [-0.15, -0.1) is 0 Å². The first kappa shape index (κ1) is 22.2. The van der Waals surface area contributed by atoms with Gasteiger partial charge in [-0.25, -0.2) is 0 Å². The summed E-state index contributed by atoms with van der Waals surface area (Å²) < 4.78 is 6.75. The van der Waals surface area contributed by atoms with Crippen LogP contribution in [0.1, 0.15) is 80.1 Å². The van der Waals surface area contributed by atoms with Gasteiger partial charge in [-0.2, -0.15) is 0 Å². The lowest BCUT2D eigenvalue weighted by molar-refractivity contribution is -0.165. The molecule has 2 N–H and O–H groups in total. The lowest BCUT2D eigenvalue weighted by Crippen LogP contribution is -2.49. The minimum Gasteiger partial charge on any atom is -0.394 e. The van der Waals surface area contributed by atoms with Gasteiger partial charge in [-0.3, -0.25) is 0 Å². The molecule has 2 saturated carbocycles. The fourth-order valence-corrected chi connectivity index (χ4v) is 5.71. The molecule has 0 bridgehead atoms. The van der Waals surface area contributed by atoms with E-state index in [0.717, 1.165) is 12.8 Å². The Morgan fingerprint density at radius 2 is 1.35 bits per heavy atom. The van der Waals surface area contributed by atoms with Crippen molar-refractivity contribution in [2.75, 3.05) is 6.61 Å². The molecule has 8 unspecified atom stereocenters. The smallest absolute Gasteiger partial charge is 0.103 e. The number of aliphatic hydroxyl groups excluding tert-OH is 2. The van der Waals surface area contributed by atoms with Gasteiger partial charge in [0.15, 0.2) is 0 Å². The number of rotatable bonds is 7. The largest absolute Gasteiger partial charge is 0.394 e. The van der Waals surface area contributed by atoms with E-state index in [-0.39, 0.29) is 18.8 Å². The Kier molecular flexibility index (Phi) is 8.43. The number of aliphatic hydroxyl groups is 2. The SMILES string of the molecule is CC1CCC(C(C)C)C(OC(C(O)CO)C2CC(C)CCC2C(C)C)C1. The van der Waals surface area contributed by atoms with Crippen molar-refractivity contribution in [2.45, 2.75) is 98.4 Å². The zero-order valence-corrected chi connectivity index (χ0v) is 18.0. The third-order valence-electron chi connectivity index (χ3n) is 7.36. The second kappa shape index (κ2) is 9.89. The summed E-state index contributed by atoms with van der Waals surface area (Å²) in [6.45, 7) is 13.7. The van der Waals surface area contributed by atoms with Crippen LogP contribution in [0.4, 0.5) is 0 Å². The summed E-state index contributed by atoms with van der Waals surface area (Å²) in [5.74, 6) is 4.06. The van der Waals surface area contributed by atoms with E-state index in [1.54, 1.807) is 0 Å². The predicted octanol–water partition coefficient (Wildman–Crippen LogP) is 4.89. The quantitative estimate of drug-likeness (QED) is 0.672. The van der Waals surface area contributed by atoms with E-state index >= 15 is 0 Å². The van der Waals surface area contributed by atoms with Crippen molar-refractivity contribution in [2.24, 2.45) is 41.4 Å². The molecular formula is C23H44O3. The maximum atomic E-state index is 10.7. The van der Waals surface area contributed by atoms with E-state index in [1.807, 2.05) is 0 Å². The monoisotopic (exact) mass is 368 g/mol. The van der Waals surface area contributed by atoms with Gasteiger partial charge in [0.25, 0.3) is 0 Å². The molecule has 0 spiro atoms. The van der Waals surface area contributed by atoms with Gasteiger partial charge < -0.3 is 14.9 Å². The average molecular weight is 369 g/mol. The van der Waals surface area contributed by atoms with Gasteiger partial charge in [0, 0.05) is 0 Å². The Bertz CT molecular complexity index is 408. The molecule has 2 fully saturated rings. The highest BCUT2D eigenvalue weighted by atomic mass is 16.5. The standard InChI is InChI=1S/C23H44O3/c1-14(2)18-9-7-16(5)11-20(18)23(21(25)13-24)26-22-12-17(6)8-10-19(22)15(3)4/h14-25H,7-13H2,1-6H3. The Balaban J connectivity index is 2.22. The number of hydrogen-bond donors (Lipinski definition) is 2. The van der Waals surface area contributed by atoms with Gasteiger partial charge in [-0.1, -0.05) is 54.4 Å². The predicted molar refractivity (Wildman–Crippen MR) is 108 cm³/mol. The Morgan fingerprint density at radius 1 is 0.808 bits per heavy atom. The molecule has 2 aliphatic rings. The Morgan fingerprint density at radius 3 is 1.88 bits per heavy atom. The van der Waals surface area contributed by atoms with Crippen LogP contribution < -0.4 is 0 Å². The normalized spacial score (nSPS) is 38.5. The first-order chi connectivity index (χ1) is 12.2. The van der Waals surface area contributed by atoms with E-state index in [2.05, 4.69) is 41.5 Å². The van der Waals surface area contributed by atoms with Crippen molar-refractivity contribution in [3.63, 3.8) is 0 Å². The van der Waals surface area contributed by atoms with Crippen molar-refractivity contribution in [1.29, 1.82) is 0 Å². The fraction of sp³-hybridized carbons (Fsp3) is 1.00. The molecule has 8 atom stereocenters. The fourth-order valence-electron chi connectivity index (χ4n) is 5.71. The molecule has 0 aromatic rings. The zero-order valence-electron chi connectivity index (χ0n) is 18.0. The highest BCUT2D eigenvalue weighted by Crippen LogP contribution is 2.43. The molecule has 0 saturated heterocycles. The van der Waals surface area contributed by atoms with Crippen molar-refractivity contribution in [1.82, 2.24) is 0 Å². The molecule has 2 aliphatic carbocycles. The minimum absolute atomic E-state index is 0.199. The summed E-state index contributed by atoms with van der Waals surface area (Å²) >= 11 is 0. The molecule has 0 aromatic carbocycles. The molecule has 26 heavy (non-hydrogen) atoms. The summed E-state index contributed by atoms with van der Waals surface area (Å²) in [7, 11) is 0. The van der Waals surface area contributed by atoms with Crippen LogP contribution in [-0.4, -0.2) is 35.1 Å². The van der Waals surface area contributed by atoms with Crippen LogP contribution in [0.3, 0.4) is 0 Å². The summed E-state index contributed by atoms with van der Waals surface area (Å²) in [5, 5.41) is 20.5. The molecule has 0 aliphatic heterocycles.